The molecule has 0 atom stereocenters. The van der Waals surface area contributed by atoms with Crippen LogP contribution in [-0.4, -0.2) is 38.2 Å². The molecule has 6 heteroatoms. The maximum absolute atomic E-state index is 12.3. The lowest BCUT2D eigenvalue weighted by atomic mass is 10.1. The Morgan fingerprint density at radius 1 is 0.853 bits per heavy atom. The van der Waals surface area contributed by atoms with E-state index >= 15 is 0 Å². The van der Waals surface area contributed by atoms with Gasteiger partial charge in [-0.25, -0.2) is 4.79 Å². The maximum atomic E-state index is 12.3. The molecule has 1 aliphatic rings. The molecule has 4 aromatic rings. The number of fused-ring (bicyclic) bond motifs is 1. The molecule has 0 unspecified atom stereocenters. The predicted octanol–water partition coefficient (Wildman–Crippen LogP) is 4.70. The van der Waals surface area contributed by atoms with Gasteiger partial charge in [0.25, 0.3) is 0 Å². The molecule has 0 N–H and O–H groups in total. The number of nitrogens with zero attached hydrogens (tertiary/aromatic N) is 2. The van der Waals surface area contributed by atoms with Crippen molar-refractivity contribution in [3.8, 4) is 11.5 Å². The third-order valence-electron chi connectivity index (χ3n) is 6.25. The molecule has 1 aromatic heterocycles. The summed E-state index contributed by atoms with van der Waals surface area (Å²) >= 11 is 0. The summed E-state index contributed by atoms with van der Waals surface area (Å²) < 4.78 is 16.7. The molecule has 0 amide bonds. The highest BCUT2D eigenvalue weighted by atomic mass is 16.5. The van der Waals surface area contributed by atoms with Crippen LogP contribution in [0.1, 0.15) is 11.1 Å². The van der Waals surface area contributed by atoms with E-state index in [1.165, 1.54) is 5.69 Å². The van der Waals surface area contributed by atoms with E-state index in [1.807, 2.05) is 60.7 Å². The van der Waals surface area contributed by atoms with E-state index in [4.69, 9.17) is 13.9 Å². The van der Waals surface area contributed by atoms with E-state index in [1.54, 1.807) is 13.2 Å². The van der Waals surface area contributed by atoms with Crippen LogP contribution in [0.25, 0.3) is 11.0 Å². The van der Waals surface area contributed by atoms with Gasteiger partial charge in [-0.15, -0.1) is 0 Å². The Labute approximate surface area is 198 Å². The molecule has 0 spiro atoms. The van der Waals surface area contributed by atoms with Crippen LogP contribution >= 0.6 is 0 Å². The fourth-order valence-electron chi connectivity index (χ4n) is 4.37. The summed E-state index contributed by atoms with van der Waals surface area (Å²) in [6, 6.07) is 25.5. The summed E-state index contributed by atoms with van der Waals surface area (Å²) in [5, 5.41) is 0.948. The second-order valence-electron chi connectivity index (χ2n) is 8.48. The number of rotatable bonds is 7. The molecule has 1 saturated heterocycles. The van der Waals surface area contributed by atoms with Crippen LogP contribution in [-0.2, 0) is 13.2 Å². The molecule has 34 heavy (non-hydrogen) atoms. The second-order valence-corrected chi connectivity index (χ2v) is 8.48. The summed E-state index contributed by atoms with van der Waals surface area (Å²) in [7, 11) is 1.68. The Kier molecular flexibility index (Phi) is 6.49. The Morgan fingerprint density at radius 3 is 2.32 bits per heavy atom. The number of anilines is 1. The van der Waals surface area contributed by atoms with Gasteiger partial charge in [0.15, 0.2) is 0 Å². The number of hydrogen-bond acceptors (Lipinski definition) is 6. The topological polar surface area (TPSA) is 55.2 Å². The highest BCUT2D eigenvalue weighted by Crippen LogP contribution is 2.25. The van der Waals surface area contributed by atoms with Crippen molar-refractivity contribution in [1.29, 1.82) is 0 Å². The van der Waals surface area contributed by atoms with Crippen molar-refractivity contribution < 1.29 is 13.9 Å². The summed E-state index contributed by atoms with van der Waals surface area (Å²) in [6.45, 7) is 4.89. The average molecular weight is 457 g/mol. The van der Waals surface area contributed by atoms with Gasteiger partial charge >= 0.3 is 5.63 Å². The molecule has 3 aromatic carbocycles. The number of ether oxygens (including phenoxy) is 2. The molecule has 6 nitrogen and oxygen atoms in total. The van der Waals surface area contributed by atoms with Crippen molar-refractivity contribution in [2.24, 2.45) is 0 Å². The Bertz CT molecular complexity index is 1290. The highest BCUT2D eigenvalue weighted by molar-refractivity contribution is 5.81. The van der Waals surface area contributed by atoms with Gasteiger partial charge < -0.3 is 18.8 Å². The van der Waals surface area contributed by atoms with Crippen LogP contribution in [0.15, 0.2) is 88.1 Å². The normalized spacial score (nSPS) is 14.3. The molecule has 0 aliphatic carbocycles. The summed E-state index contributed by atoms with van der Waals surface area (Å²) in [5.74, 6) is 1.55. The monoisotopic (exact) mass is 456 g/mol. The van der Waals surface area contributed by atoms with Crippen LogP contribution in [0.5, 0.6) is 11.5 Å². The van der Waals surface area contributed by atoms with Gasteiger partial charge in [0.05, 0.1) is 7.11 Å². The molecular weight excluding hydrogens is 428 g/mol. The summed E-state index contributed by atoms with van der Waals surface area (Å²) in [4.78, 5) is 17.0. The van der Waals surface area contributed by atoms with Gasteiger partial charge in [-0.2, -0.15) is 0 Å². The molecule has 0 bridgehead atoms. The average Bonchev–Trinajstić information content (AvgIpc) is 2.88. The second kappa shape index (κ2) is 10.0. The minimum Gasteiger partial charge on any atom is -0.497 e. The van der Waals surface area contributed by atoms with Crippen LogP contribution in [0, 0.1) is 0 Å². The number of methoxy groups -OCH3 is 1. The summed E-state index contributed by atoms with van der Waals surface area (Å²) in [6.07, 6.45) is 0. The number of piperazine rings is 1. The van der Waals surface area contributed by atoms with Crippen LogP contribution in [0.2, 0.25) is 0 Å². The lowest BCUT2D eigenvalue weighted by Crippen LogP contribution is -2.46. The molecule has 174 valence electrons. The first-order chi connectivity index (χ1) is 16.7. The van der Waals surface area contributed by atoms with Crippen LogP contribution in [0.4, 0.5) is 5.69 Å². The largest absolute Gasteiger partial charge is 0.497 e. The number of benzene rings is 3. The number of hydrogen-bond donors (Lipinski definition) is 0. The third kappa shape index (κ3) is 5.07. The first-order valence-electron chi connectivity index (χ1n) is 11.5. The molecule has 2 heterocycles. The molecular formula is C28H28N2O4. The standard InChI is InChI=1S/C28H28N2O4/c1-32-24-9-7-23(8-10-24)30-15-13-29(14-16-30)19-22-17-28(31)34-27-18-25(11-12-26(22)27)33-20-21-5-3-2-4-6-21/h2-12,17-18H,13-16,19-20H2,1H3. The van der Waals surface area contributed by atoms with Crippen molar-refractivity contribution in [2.45, 2.75) is 13.2 Å². The van der Waals surface area contributed by atoms with Gasteiger partial charge in [0.1, 0.15) is 23.7 Å². The van der Waals surface area contributed by atoms with E-state index in [-0.39, 0.29) is 5.63 Å². The minimum atomic E-state index is -0.334. The van der Waals surface area contributed by atoms with Crippen molar-refractivity contribution in [2.75, 3.05) is 38.2 Å². The molecule has 5 rings (SSSR count). The SMILES string of the molecule is COc1ccc(N2CCN(Cc3cc(=O)oc4cc(OCc5ccccc5)ccc34)CC2)cc1. The highest BCUT2D eigenvalue weighted by Gasteiger charge is 2.19. The molecule has 0 saturated carbocycles. The molecule has 1 fully saturated rings. The van der Waals surface area contributed by atoms with E-state index < -0.39 is 0 Å². The van der Waals surface area contributed by atoms with E-state index in [0.717, 1.165) is 48.4 Å². The van der Waals surface area contributed by atoms with Crippen molar-refractivity contribution in [3.63, 3.8) is 0 Å². The van der Waals surface area contributed by atoms with Crippen molar-refractivity contribution in [3.05, 3.63) is 100 Å². The van der Waals surface area contributed by atoms with Gasteiger partial charge in [-0.1, -0.05) is 30.3 Å². The third-order valence-corrected chi connectivity index (χ3v) is 6.25. The van der Waals surface area contributed by atoms with E-state index in [2.05, 4.69) is 21.9 Å². The van der Waals surface area contributed by atoms with Crippen LogP contribution < -0.4 is 20.0 Å². The smallest absolute Gasteiger partial charge is 0.336 e. The minimum absolute atomic E-state index is 0.334. The Morgan fingerprint density at radius 2 is 1.59 bits per heavy atom. The Hall–Kier alpha value is -3.77. The predicted molar refractivity (Wildman–Crippen MR) is 134 cm³/mol. The van der Waals surface area contributed by atoms with Gasteiger partial charge in [0.2, 0.25) is 0 Å². The van der Waals surface area contributed by atoms with Gasteiger partial charge in [-0.3, -0.25) is 4.90 Å². The Balaban J connectivity index is 1.26. The first-order valence-corrected chi connectivity index (χ1v) is 11.5. The van der Waals surface area contributed by atoms with Gasteiger partial charge in [0, 0.05) is 55.9 Å². The zero-order chi connectivity index (χ0) is 23.3. The summed E-state index contributed by atoms with van der Waals surface area (Å²) in [5.41, 5.74) is 3.50. The zero-order valence-corrected chi connectivity index (χ0v) is 19.3. The fraction of sp³-hybridized carbons (Fsp3) is 0.250. The molecule has 0 radical (unpaired) electrons. The van der Waals surface area contributed by atoms with Crippen molar-refractivity contribution >= 4 is 16.7 Å². The van der Waals surface area contributed by atoms with Crippen LogP contribution in [0.3, 0.4) is 0 Å². The van der Waals surface area contributed by atoms with E-state index in [0.29, 0.717) is 24.5 Å². The zero-order valence-electron chi connectivity index (χ0n) is 19.3. The fourth-order valence-corrected chi connectivity index (χ4v) is 4.37. The molecule has 1 aliphatic heterocycles. The quantitative estimate of drug-likeness (QED) is 0.376. The first kappa shape index (κ1) is 22.0. The van der Waals surface area contributed by atoms with E-state index in [9.17, 15) is 4.79 Å². The lowest BCUT2D eigenvalue weighted by molar-refractivity contribution is 0.250. The van der Waals surface area contributed by atoms with Crippen molar-refractivity contribution in [1.82, 2.24) is 4.90 Å². The van der Waals surface area contributed by atoms with Gasteiger partial charge in [-0.05, 0) is 47.5 Å². The lowest BCUT2D eigenvalue weighted by Gasteiger charge is -2.36. The maximum Gasteiger partial charge on any atom is 0.336 e.